The van der Waals surface area contributed by atoms with Gasteiger partial charge in [-0.15, -0.1) is 0 Å². The molecule has 0 radical (unpaired) electrons. The molecule has 126 valence electrons. The molecule has 1 unspecified atom stereocenters. The molecule has 0 aromatic rings. The highest BCUT2D eigenvalue weighted by Crippen LogP contribution is 2.21. The molecule has 0 aromatic carbocycles. The molecule has 2 atom stereocenters. The smallest absolute Gasteiger partial charge is 0.410 e. The lowest BCUT2D eigenvalue weighted by Gasteiger charge is -2.35. The van der Waals surface area contributed by atoms with Crippen molar-refractivity contribution in [3.8, 4) is 0 Å². The third-order valence-corrected chi connectivity index (χ3v) is 4.64. The van der Waals surface area contributed by atoms with Crippen LogP contribution in [0.3, 0.4) is 0 Å². The Labute approximate surface area is 140 Å². The number of amides is 2. The number of halogens is 1. The van der Waals surface area contributed by atoms with Crippen LogP contribution in [0.5, 0.6) is 0 Å². The van der Waals surface area contributed by atoms with Gasteiger partial charge < -0.3 is 19.3 Å². The zero-order valence-electron chi connectivity index (χ0n) is 13.5. The van der Waals surface area contributed by atoms with E-state index < -0.39 is 5.60 Å². The lowest BCUT2D eigenvalue weighted by molar-refractivity contribution is -0.130. The van der Waals surface area contributed by atoms with Crippen LogP contribution in [0.2, 0.25) is 0 Å². The molecule has 0 spiro atoms. The number of morpholine rings is 1. The monoisotopic (exact) mass is 376 g/mol. The number of ether oxygens (including phenoxy) is 2. The van der Waals surface area contributed by atoms with Crippen molar-refractivity contribution in [3.63, 3.8) is 0 Å². The minimum atomic E-state index is -0.501. The fourth-order valence-corrected chi connectivity index (χ4v) is 3.14. The van der Waals surface area contributed by atoms with Gasteiger partial charge in [-0.05, 0) is 26.7 Å². The van der Waals surface area contributed by atoms with Gasteiger partial charge in [0.2, 0.25) is 5.91 Å². The first kappa shape index (κ1) is 17.5. The number of rotatable bonds is 3. The molecular weight excluding hydrogens is 352 g/mol. The molecule has 7 heteroatoms. The van der Waals surface area contributed by atoms with Gasteiger partial charge in [-0.1, -0.05) is 15.9 Å². The molecule has 0 aromatic heterocycles. The van der Waals surface area contributed by atoms with Gasteiger partial charge >= 0.3 is 6.09 Å². The summed E-state index contributed by atoms with van der Waals surface area (Å²) in [7, 11) is 0. The maximum Gasteiger partial charge on any atom is 0.410 e. The van der Waals surface area contributed by atoms with Crippen molar-refractivity contribution in [1.29, 1.82) is 0 Å². The first-order valence-electron chi connectivity index (χ1n) is 7.72. The summed E-state index contributed by atoms with van der Waals surface area (Å²) < 4.78 is 11.1. The summed E-state index contributed by atoms with van der Waals surface area (Å²) in [6.07, 6.45) is 0.138. The van der Waals surface area contributed by atoms with Crippen molar-refractivity contribution < 1.29 is 19.1 Å². The van der Waals surface area contributed by atoms with E-state index in [9.17, 15) is 9.59 Å². The predicted octanol–water partition coefficient (Wildman–Crippen LogP) is 1.87. The zero-order valence-corrected chi connectivity index (χ0v) is 15.1. The van der Waals surface area contributed by atoms with Crippen molar-refractivity contribution in [2.45, 2.75) is 38.9 Å². The predicted molar refractivity (Wildman–Crippen MR) is 86.0 cm³/mol. The highest BCUT2D eigenvalue weighted by molar-refractivity contribution is 9.09. The normalized spacial score (nSPS) is 26.5. The van der Waals surface area contributed by atoms with E-state index >= 15 is 0 Å². The van der Waals surface area contributed by atoms with Crippen LogP contribution in [0.15, 0.2) is 0 Å². The number of nitrogens with zero attached hydrogens (tertiary/aromatic N) is 2. The summed E-state index contributed by atoms with van der Waals surface area (Å²) in [5, 5.41) is 0.838. The Kier molecular flexibility index (Phi) is 5.71. The van der Waals surface area contributed by atoms with Crippen molar-refractivity contribution >= 4 is 27.9 Å². The van der Waals surface area contributed by atoms with Gasteiger partial charge in [0.15, 0.2) is 0 Å². The quantitative estimate of drug-likeness (QED) is 0.705. The Morgan fingerprint density at radius 2 is 2.14 bits per heavy atom. The average molecular weight is 377 g/mol. The Morgan fingerprint density at radius 1 is 1.41 bits per heavy atom. The SMILES string of the molecule is CC(C)(C)OC(=O)N1CCO[C@H](CN2CC(CBr)CC2=O)C1. The number of alkyl halides is 1. The van der Waals surface area contributed by atoms with Crippen LogP contribution in [0.25, 0.3) is 0 Å². The Hall–Kier alpha value is -0.820. The molecule has 22 heavy (non-hydrogen) atoms. The van der Waals surface area contributed by atoms with Crippen LogP contribution in [0.1, 0.15) is 27.2 Å². The van der Waals surface area contributed by atoms with Crippen molar-refractivity contribution in [1.82, 2.24) is 9.80 Å². The lowest BCUT2D eigenvalue weighted by Crippen LogP contribution is -2.51. The summed E-state index contributed by atoms with van der Waals surface area (Å²) in [6, 6.07) is 0. The van der Waals surface area contributed by atoms with Crippen LogP contribution >= 0.6 is 15.9 Å². The minimum absolute atomic E-state index is 0.140. The van der Waals surface area contributed by atoms with Gasteiger partial charge in [0.05, 0.1) is 19.3 Å². The van der Waals surface area contributed by atoms with E-state index in [0.717, 1.165) is 11.9 Å². The molecule has 0 aliphatic carbocycles. The Balaban J connectivity index is 1.86. The van der Waals surface area contributed by atoms with Crippen molar-refractivity contribution in [2.75, 3.05) is 38.1 Å². The molecule has 0 saturated carbocycles. The molecular formula is C15H25BrN2O4. The first-order valence-corrected chi connectivity index (χ1v) is 8.84. The standard InChI is InChI=1S/C15H25BrN2O4/c1-15(2,3)22-14(20)17-4-5-21-12(9-17)10-18-8-11(7-16)6-13(18)19/h11-12H,4-10H2,1-3H3/t11?,12-/m0/s1. The first-order chi connectivity index (χ1) is 10.3. The van der Waals surface area contributed by atoms with Gasteiger partial charge in [0, 0.05) is 31.4 Å². The summed E-state index contributed by atoms with van der Waals surface area (Å²) in [4.78, 5) is 27.6. The fraction of sp³-hybridized carbons (Fsp3) is 0.867. The third kappa shape index (κ3) is 4.84. The highest BCUT2D eigenvalue weighted by Gasteiger charge is 2.33. The van der Waals surface area contributed by atoms with Crippen LogP contribution in [-0.4, -0.2) is 71.6 Å². The van der Waals surface area contributed by atoms with E-state index in [1.165, 1.54) is 0 Å². The number of carbonyl (C=O) groups is 2. The van der Waals surface area contributed by atoms with Crippen LogP contribution < -0.4 is 0 Å². The van der Waals surface area contributed by atoms with E-state index in [1.54, 1.807) is 4.90 Å². The summed E-state index contributed by atoms with van der Waals surface area (Å²) in [5.41, 5.74) is -0.501. The third-order valence-electron chi connectivity index (χ3n) is 3.73. The van der Waals surface area contributed by atoms with E-state index in [4.69, 9.17) is 9.47 Å². The largest absolute Gasteiger partial charge is 0.444 e. The number of likely N-dealkylation sites (tertiary alicyclic amines) is 1. The van der Waals surface area contributed by atoms with Gasteiger partial charge in [0.1, 0.15) is 5.60 Å². The van der Waals surface area contributed by atoms with E-state index in [0.29, 0.717) is 38.6 Å². The second kappa shape index (κ2) is 7.17. The molecule has 2 aliphatic heterocycles. The molecule has 0 N–H and O–H groups in total. The highest BCUT2D eigenvalue weighted by atomic mass is 79.9. The molecule has 2 fully saturated rings. The van der Waals surface area contributed by atoms with E-state index in [-0.39, 0.29) is 18.1 Å². The summed E-state index contributed by atoms with van der Waals surface area (Å²) >= 11 is 3.43. The molecule has 6 nitrogen and oxygen atoms in total. The second-order valence-corrected chi connectivity index (χ2v) is 7.59. The Morgan fingerprint density at radius 3 is 2.73 bits per heavy atom. The van der Waals surface area contributed by atoms with Gasteiger partial charge in [-0.2, -0.15) is 0 Å². The molecule has 2 saturated heterocycles. The van der Waals surface area contributed by atoms with Gasteiger partial charge in [-0.3, -0.25) is 4.79 Å². The molecule has 2 rings (SSSR count). The summed E-state index contributed by atoms with van der Waals surface area (Å²) in [6.45, 7) is 8.34. The number of hydrogen-bond acceptors (Lipinski definition) is 4. The molecule has 2 heterocycles. The van der Waals surface area contributed by atoms with E-state index in [2.05, 4.69) is 15.9 Å². The topological polar surface area (TPSA) is 59.1 Å². The number of carbonyl (C=O) groups excluding carboxylic acids is 2. The lowest BCUT2D eigenvalue weighted by atomic mass is 10.2. The minimum Gasteiger partial charge on any atom is -0.444 e. The van der Waals surface area contributed by atoms with Crippen LogP contribution in [0.4, 0.5) is 4.79 Å². The van der Waals surface area contributed by atoms with Crippen molar-refractivity contribution in [2.24, 2.45) is 5.92 Å². The average Bonchev–Trinajstić information content (AvgIpc) is 2.78. The van der Waals surface area contributed by atoms with E-state index in [1.807, 2.05) is 25.7 Å². The fourth-order valence-electron chi connectivity index (χ4n) is 2.70. The van der Waals surface area contributed by atoms with Crippen molar-refractivity contribution in [3.05, 3.63) is 0 Å². The molecule has 2 aliphatic rings. The maximum absolute atomic E-state index is 12.1. The number of hydrogen-bond donors (Lipinski definition) is 0. The zero-order chi connectivity index (χ0) is 16.3. The maximum atomic E-state index is 12.1. The molecule has 2 amide bonds. The summed E-state index contributed by atoms with van der Waals surface area (Å²) in [5.74, 6) is 0.542. The Bertz CT molecular complexity index is 424. The van der Waals surface area contributed by atoms with Crippen LogP contribution in [0, 0.1) is 5.92 Å². The van der Waals surface area contributed by atoms with Crippen LogP contribution in [-0.2, 0) is 14.3 Å². The van der Waals surface area contributed by atoms with Gasteiger partial charge in [-0.25, -0.2) is 4.79 Å². The van der Waals surface area contributed by atoms with Gasteiger partial charge in [0.25, 0.3) is 0 Å². The second-order valence-electron chi connectivity index (χ2n) is 6.94. The molecule has 0 bridgehead atoms.